The van der Waals surface area contributed by atoms with Gasteiger partial charge >= 0.3 is 0 Å². The summed E-state index contributed by atoms with van der Waals surface area (Å²) in [5, 5.41) is 10.9. The van der Waals surface area contributed by atoms with Crippen LogP contribution < -0.4 is 20.0 Å². The molecule has 6 rings (SSSR count). The number of hydrogen-bond donors (Lipinski definition) is 1. The highest BCUT2D eigenvalue weighted by atomic mass is 32.4. The van der Waals surface area contributed by atoms with Gasteiger partial charge in [0.15, 0.2) is 5.82 Å². The van der Waals surface area contributed by atoms with Crippen molar-refractivity contribution >= 4 is 46.7 Å². The molecule has 0 bridgehead atoms. The van der Waals surface area contributed by atoms with E-state index in [4.69, 9.17) is 26.6 Å². The van der Waals surface area contributed by atoms with Crippen molar-refractivity contribution in [2.45, 2.75) is 33.1 Å². The second-order valence-corrected chi connectivity index (χ2v) is 14.4. The number of aromatic nitrogens is 2. The van der Waals surface area contributed by atoms with E-state index in [-0.39, 0.29) is 5.41 Å². The van der Waals surface area contributed by atoms with Crippen LogP contribution in [0.4, 0.5) is 17.2 Å². The lowest BCUT2D eigenvalue weighted by atomic mass is 9.84. The van der Waals surface area contributed by atoms with Gasteiger partial charge in [0.05, 0.1) is 29.5 Å². The summed E-state index contributed by atoms with van der Waals surface area (Å²) in [5.41, 5.74) is 6.20. The number of rotatable bonds is 5. The summed E-state index contributed by atoms with van der Waals surface area (Å²) in [6.07, 6.45) is -0.660. The van der Waals surface area contributed by atoms with Gasteiger partial charge in [-0.15, -0.1) is 0 Å². The van der Waals surface area contributed by atoms with Crippen LogP contribution in [0.3, 0.4) is 0 Å². The highest BCUT2D eigenvalue weighted by molar-refractivity contribution is 8.21. The van der Waals surface area contributed by atoms with Crippen molar-refractivity contribution in [3.63, 3.8) is 0 Å². The zero-order chi connectivity index (χ0) is 27.4. The van der Waals surface area contributed by atoms with E-state index in [0.29, 0.717) is 6.61 Å². The third-order valence-corrected chi connectivity index (χ3v) is 11.7. The molecule has 1 atom stereocenters. The topological polar surface area (TPSA) is 54.7 Å². The second kappa shape index (κ2) is 9.51. The molecule has 0 radical (unpaired) electrons. The summed E-state index contributed by atoms with van der Waals surface area (Å²) < 4.78 is 7.61. The molecule has 1 N–H and O–H groups in total. The fraction of sp³-hybridized carbons (Fsp3) is 0.226. The molecular formula is C31H32N5OPS. The third-order valence-electron chi connectivity index (χ3n) is 7.53. The van der Waals surface area contributed by atoms with Gasteiger partial charge in [-0.25, -0.2) is 9.67 Å². The van der Waals surface area contributed by atoms with Crippen LogP contribution in [0, 0.1) is 6.92 Å². The molecule has 2 aliphatic heterocycles. The number of anilines is 2. The van der Waals surface area contributed by atoms with Gasteiger partial charge < -0.3 is 14.7 Å². The Bertz CT molecular complexity index is 1670. The molecule has 0 saturated heterocycles. The maximum atomic E-state index is 6.79. The minimum Gasteiger partial charge on any atom is -0.494 e. The number of nitrogens with one attached hydrogen (secondary N) is 1. The first-order chi connectivity index (χ1) is 18.8. The lowest BCUT2D eigenvalue weighted by Crippen LogP contribution is -2.29. The fourth-order valence-electron chi connectivity index (χ4n) is 5.82. The van der Waals surface area contributed by atoms with Gasteiger partial charge in [0.1, 0.15) is 5.75 Å². The summed E-state index contributed by atoms with van der Waals surface area (Å²) in [6.45, 7) is 9.21. The third kappa shape index (κ3) is 4.03. The Labute approximate surface area is 235 Å². The number of hydrogen-bond acceptors (Lipinski definition) is 5. The van der Waals surface area contributed by atoms with Crippen LogP contribution in [0.1, 0.15) is 32.0 Å². The largest absolute Gasteiger partial charge is 0.494 e. The Morgan fingerprint density at radius 3 is 2.36 bits per heavy atom. The van der Waals surface area contributed by atoms with E-state index < -0.39 is 6.19 Å². The number of nitrogens with zero attached hydrogens (tertiary/aromatic N) is 4. The van der Waals surface area contributed by atoms with Crippen molar-refractivity contribution in [2.24, 2.45) is 4.99 Å². The molecule has 0 spiro atoms. The van der Waals surface area contributed by atoms with E-state index in [1.165, 1.54) is 16.9 Å². The van der Waals surface area contributed by atoms with E-state index in [0.717, 1.165) is 39.3 Å². The van der Waals surface area contributed by atoms with E-state index >= 15 is 0 Å². The van der Waals surface area contributed by atoms with E-state index in [1.807, 2.05) is 79.3 Å². The fourth-order valence-corrected chi connectivity index (χ4v) is 10.0. The van der Waals surface area contributed by atoms with Gasteiger partial charge in [-0.05, 0) is 61.9 Å². The normalized spacial score (nSPS) is 21.0. The molecule has 0 amide bonds. The standard InChI is InChI=1S/C31H32N5OPS/c1-6-37-24-18-16-22(17-19-24)34-38(39)27(29-31(3,4)25-14-10-11-15-26(25)35(29)5)20-32-30-28(38)21(2)33-36(30)23-12-8-7-9-13-23/h7-20H,6H2,1-5H3,(H,34,39). The highest BCUT2D eigenvalue weighted by Crippen LogP contribution is 2.62. The summed E-state index contributed by atoms with van der Waals surface area (Å²) in [4.78, 5) is 7.34. The predicted octanol–water partition coefficient (Wildman–Crippen LogP) is 7.07. The van der Waals surface area contributed by atoms with Gasteiger partial charge in [-0.1, -0.05) is 62.1 Å². The number of ether oxygens (including phenoxy) is 1. The molecule has 0 fully saturated rings. The van der Waals surface area contributed by atoms with Crippen LogP contribution >= 0.6 is 6.19 Å². The van der Waals surface area contributed by atoms with Crippen LogP contribution in [-0.4, -0.2) is 29.6 Å². The number of para-hydroxylation sites is 2. The van der Waals surface area contributed by atoms with Crippen molar-refractivity contribution in [1.82, 2.24) is 9.78 Å². The highest BCUT2D eigenvalue weighted by Gasteiger charge is 2.45. The number of likely N-dealkylation sites (N-methyl/N-ethyl adjacent to an activating group) is 1. The number of fused-ring (bicyclic) bond motifs is 2. The first kappa shape index (κ1) is 25.6. The zero-order valence-corrected chi connectivity index (χ0v) is 24.6. The quantitative estimate of drug-likeness (QED) is 0.268. The number of aliphatic imine (C=N–C) groups is 1. The predicted molar refractivity (Wildman–Crippen MR) is 167 cm³/mol. The Hall–Kier alpha value is -3.67. The van der Waals surface area contributed by atoms with Crippen molar-refractivity contribution in [3.8, 4) is 11.4 Å². The summed E-state index contributed by atoms with van der Waals surface area (Å²) in [5.74, 6) is 1.63. The number of allylic oxidation sites excluding steroid dienone is 2. The zero-order valence-electron chi connectivity index (χ0n) is 22.8. The smallest absolute Gasteiger partial charge is 0.166 e. The van der Waals surface area contributed by atoms with Gasteiger partial charge in [0.25, 0.3) is 0 Å². The summed E-state index contributed by atoms with van der Waals surface area (Å²) >= 11 is 6.79. The van der Waals surface area contributed by atoms with Crippen molar-refractivity contribution in [2.75, 3.05) is 23.6 Å². The maximum absolute atomic E-state index is 6.79. The van der Waals surface area contributed by atoms with Crippen LogP contribution in [-0.2, 0) is 17.2 Å². The molecule has 6 nitrogen and oxygen atoms in total. The molecule has 1 unspecified atom stereocenters. The Balaban J connectivity index is 1.59. The summed E-state index contributed by atoms with van der Waals surface area (Å²) in [7, 11) is 2.13. The molecule has 4 aromatic rings. The van der Waals surface area contributed by atoms with Crippen molar-refractivity contribution in [3.05, 3.63) is 101 Å². The Morgan fingerprint density at radius 1 is 0.974 bits per heavy atom. The molecule has 0 aliphatic carbocycles. The van der Waals surface area contributed by atoms with Crippen LogP contribution in [0.15, 0.2) is 94.9 Å². The molecule has 0 saturated carbocycles. The molecule has 198 valence electrons. The molecular weight excluding hydrogens is 521 g/mol. The molecule has 8 heteroatoms. The summed E-state index contributed by atoms with van der Waals surface area (Å²) in [6, 6.07) is 26.8. The van der Waals surface area contributed by atoms with Gasteiger partial charge in [-0.3, -0.25) is 0 Å². The molecule has 2 aliphatic rings. The Morgan fingerprint density at radius 2 is 1.67 bits per heavy atom. The van der Waals surface area contributed by atoms with Crippen LogP contribution in [0.5, 0.6) is 5.75 Å². The van der Waals surface area contributed by atoms with E-state index in [9.17, 15) is 0 Å². The average Bonchev–Trinajstić information content (AvgIpc) is 3.38. The number of benzene rings is 3. The van der Waals surface area contributed by atoms with Gasteiger partial charge in [0.2, 0.25) is 0 Å². The van der Waals surface area contributed by atoms with Gasteiger partial charge in [0, 0.05) is 41.1 Å². The first-order valence-electron chi connectivity index (χ1n) is 13.1. The second-order valence-electron chi connectivity index (χ2n) is 10.4. The first-order valence-corrected chi connectivity index (χ1v) is 16.0. The van der Waals surface area contributed by atoms with Crippen molar-refractivity contribution < 1.29 is 4.74 Å². The SMILES string of the molecule is CCOc1ccc(NP2(=S)C(=C3N(C)c4ccccc4C3(C)C)C=Nc3c2c(C)nn3-c2ccccc2)cc1. The number of aryl methyl sites for hydroxylation is 1. The molecule has 3 heterocycles. The van der Waals surface area contributed by atoms with E-state index in [2.05, 4.69) is 55.1 Å². The van der Waals surface area contributed by atoms with E-state index in [1.54, 1.807) is 0 Å². The Kier molecular flexibility index (Phi) is 6.24. The van der Waals surface area contributed by atoms with Crippen LogP contribution in [0.2, 0.25) is 0 Å². The minimum atomic E-state index is -2.65. The maximum Gasteiger partial charge on any atom is 0.166 e. The molecule has 3 aromatic carbocycles. The lowest BCUT2D eigenvalue weighted by Gasteiger charge is -2.35. The molecule has 1 aromatic heterocycles. The molecule has 39 heavy (non-hydrogen) atoms. The van der Waals surface area contributed by atoms with Gasteiger partial charge in [-0.2, -0.15) is 5.10 Å². The lowest BCUT2D eigenvalue weighted by molar-refractivity contribution is 0.340. The van der Waals surface area contributed by atoms with Crippen molar-refractivity contribution in [1.29, 1.82) is 0 Å². The monoisotopic (exact) mass is 553 g/mol. The van der Waals surface area contributed by atoms with Crippen LogP contribution in [0.25, 0.3) is 5.69 Å². The average molecular weight is 554 g/mol. The minimum absolute atomic E-state index is 0.252.